The molecule has 0 unspecified atom stereocenters. The zero-order valence-electron chi connectivity index (χ0n) is 15.5. The van der Waals surface area contributed by atoms with Crippen LogP contribution < -0.4 is 0 Å². The van der Waals surface area contributed by atoms with Gasteiger partial charge in [-0.25, -0.2) is 4.79 Å². The molecule has 0 saturated carbocycles. The molecular weight excluding hydrogens is 318 g/mol. The fourth-order valence-electron chi connectivity index (χ4n) is 2.06. The summed E-state index contributed by atoms with van der Waals surface area (Å²) in [6.45, 7) is 13.8. The highest BCUT2D eigenvalue weighted by atomic mass is 28.4. The Morgan fingerprint density at radius 3 is 2.50 bits per heavy atom. The van der Waals surface area contributed by atoms with Crippen LogP contribution in [0.5, 0.6) is 0 Å². The van der Waals surface area contributed by atoms with Gasteiger partial charge in [0.2, 0.25) is 0 Å². The highest BCUT2D eigenvalue weighted by molar-refractivity contribution is 6.74. The van der Waals surface area contributed by atoms with Crippen LogP contribution in [-0.4, -0.2) is 25.9 Å². The van der Waals surface area contributed by atoms with Gasteiger partial charge in [-0.15, -0.1) is 0 Å². The molecule has 0 aliphatic carbocycles. The number of rotatable bonds is 5. The molecule has 1 aromatic heterocycles. The van der Waals surface area contributed by atoms with Crippen molar-refractivity contribution in [3.63, 3.8) is 0 Å². The molecule has 0 bridgehead atoms. The molecular formula is C19H27NO3Si. The number of carbonyl (C=O) groups excluding carboxylic acids is 1. The van der Waals surface area contributed by atoms with Crippen molar-refractivity contribution in [2.24, 2.45) is 0 Å². The second-order valence-electron chi connectivity index (χ2n) is 7.48. The first kappa shape index (κ1) is 18.6. The van der Waals surface area contributed by atoms with Gasteiger partial charge in [-0.2, -0.15) is 0 Å². The summed E-state index contributed by atoms with van der Waals surface area (Å²) in [5, 5.41) is 1.11. The van der Waals surface area contributed by atoms with Crippen LogP contribution in [0.3, 0.4) is 0 Å². The van der Waals surface area contributed by atoms with Gasteiger partial charge in [-0.05, 0) is 49.3 Å². The third-order valence-electron chi connectivity index (χ3n) is 4.65. The summed E-state index contributed by atoms with van der Waals surface area (Å²) < 4.78 is 11.3. The standard InChI is InChI=1S/C19H27NO3Si/c1-7-22-18(21)15-9-11-17-14(12-15)8-10-16(20-17)13-23-24(5,6)19(2,3)4/h8-12H,7,13H2,1-6H3. The van der Waals surface area contributed by atoms with Crippen LogP contribution in [0.15, 0.2) is 30.3 Å². The zero-order chi connectivity index (χ0) is 18.0. The molecule has 2 aromatic rings. The average molecular weight is 346 g/mol. The monoisotopic (exact) mass is 345 g/mol. The van der Waals surface area contributed by atoms with Crippen molar-refractivity contribution in [3.8, 4) is 0 Å². The van der Waals surface area contributed by atoms with E-state index in [1.54, 1.807) is 13.0 Å². The zero-order valence-corrected chi connectivity index (χ0v) is 16.5. The SMILES string of the molecule is CCOC(=O)c1ccc2nc(CO[Si](C)(C)C(C)(C)C)ccc2c1. The van der Waals surface area contributed by atoms with Crippen LogP contribution in [0.25, 0.3) is 10.9 Å². The van der Waals surface area contributed by atoms with Crippen molar-refractivity contribution in [1.82, 2.24) is 4.98 Å². The van der Waals surface area contributed by atoms with Gasteiger partial charge in [0, 0.05) is 5.39 Å². The Labute approximate surface area is 145 Å². The van der Waals surface area contributed by atoms with E-state index in [9.17, 15) is 4.79 Å². The maximum atomic E-state index is 11.8. The molecule has 4 nitrogen and oxygen atoms in total. The van der Waals surface area contributed by atoms with E-state index in [1.807, 2.05) is 24.3 Å². The first-order chi connectivity index (χ1) is 11.1. The largest absolute Gasteiger partial charge is 0.462 e. The van der Waals surface area contributed by atoms with Crippen LogP contribution in [0.4, 0.5) is 0 Å². The van der Waals surface area contributed by atoms with Crippen LogP contribution in [-0.2, 0) is 15.8 Å². The summed E-state index contributed by atoms with van der Waals surface area (Å²) in [6.07, 6.45) is 0. The third kappa shape index (κ3) is 4.22. The maximum Gasteiger partial charge on any atom is 0.338 e. The predicted octanol–water partition coefficient (Wildman–Crippen LogP) is 4.93. The minimum absolute atomic E-state index is 0.179. The average Bonchev–Trinajstić information content (AvgIpc) is 2.51. The fraction of sp³-hybridized carbons (Fsp3) is 0.474. The van der Waals surface area contributed by atoms with E-state index in [2.05, 4.69) is 38.8 Å². The molecule has 0 aliphatic heterocycles. The Balaban J connectivity index is 2.17. The number of fused-ring (bicyclic) bond motifs is 1. The number of hydrogen-bond donors (Lipinski definition) is 0. The van der Waals surface area contributed by atoms with Crippen molar-refractivity contribution in [2.45, 2.75) is 52.4 Å². The molecule has 5 heteroatoms. The quantitative estimate of drug-likeness (QED) is 0.569. The van der Waals surface area contributed by atoms with Gasteiger partial charge in [0.25, 0.3) is 0 Å². The van der Waals surface area contributed by atoms with E-state index in [1.165, 1.54) is 0 Å². The Bertz CT molecular complexity index is 735. The predicted molar refractivity (Wildman–Crippen MR) is 99.7 cm³/mol. The molecule has 1 heterocycles. The third-order valence-corrected chi connectivity index (χ3v) is 9.12. The van der Waals surface area contributed by atoms with Crippen molar-refractivity contribution in [3.05, 3.63) is 41.6 Å². The van der Waals surface area contributed by atoms with Crippen LogP contribution in [0.2, 0.25) is 18.1 Å². The fourth-order valence-corrected chi connectivity index (χ4v) is 3.00. The van der Waals surface area contributed by atoms with Gasteiger partial charge in [0.05, 0.1) is 30.0 Å². The topological polar surface area (TPSA) is 48.4 Å². The molecule has 2 rings (SSSR count). The minimum Gasteiger partial charge on any atom is -0.462 e. The number of carbonyl (C=O) groups is 1. The summed E-state index contributed by atoms with van der Waals surface area (Å²) in [6, 6.07) is 9.38. The van der Waals surface area contributed by atoms with Crippen LogP contribution in [0.1, 0.15) is 43.7 Å². The molecule has 0 atom stereocenters. The minimum atomic E-state index is -1.79. The van der Waals surface area contributed by atoms with Crippen molar-refractivity contribution in [1.29, 1.82) is 0 Å². The number of pyridine rings is 1. The summed E-state index contributed by atoms with van der Waals surface area (Å²) in [7, 11) is -1.79. The number of hydrogen-bond acceptors (Lipinski definition) is 4. The van der Waals surface area contributed by atoms with Gasteiger partial charge in [0.15, 0.2) is 8.32 Å². The molecule has 0 fully saturated rings. The highest BCUT2D eigenvalue weighted by Gasteiger charge is 2.37. The van der Waals surface area contributed by atoms with E-state index >= 15 is 0 Å². The lowest BCUT2D eigenvalue weighted by Gasteiger charge is -2.36. The number of aromatic nitrogens is 1. The Morgan fingerprint density at radius 2 is 1.88 bits per heavy atom. The first-order valence-electron chi connectivity index (χ1n) is 8.35. The van der Waals surface area contributed by atoms with E-state index in [-0.39, 0.29) is 11.0 Å². The second kappa shape index (κ2) is 7.03. The molecule has 1 aromatic carbocycles. The molecule has 24 heavy (non-hydrogen) atoms. The molecule has 0 radical (unpaired) electrons. The summed E-state index contributed by atoms with van der Waals surface area (Å²) >= 11 is 0. The van der Waals surface area contributed by atoms with E-state index in [0.717, 1.165) is 16.6 Å². The molecule has 0 saturated heterocycles. The molecule has 0 spiro atoms. The second-order valence-corrected chi connectivity index (χ2v) is 12.3. The van der Waals surface area contributed by atoms with E-state index < -0.39 is 8.32 Å². The maximum absolute atomic E-state index is 11.8. The number of esters is 1. The molecule has 0 N–H and O–H groups in total. The number of nitrogens with zero attached hydrogens (tertiary/aromatic N) is 1. The Morgan fingerprint density at radius 1 is 1.17 bits per heavy atom. The lowest BCUT2D eigenvalue weighted by atomic mass is 10.1. The van der Waals surface area contributed by atoms with Crippen molar-refractivity contribution in [2.75, 3.05) is 6.61 Å². The van der Waals surface area contributed by atoms with Gasteiger partial charge in [-0.1, -0.05) is 26.8 Å². The van der Waals surface area contributed by atoms with Gasteiger partial charge < -0.3 is 9.16 Å². The molecule has 0 aliphatic rings. The van der Waals surface area contributed by atoms with E-state index in [4.69, 9.17) is 9.16 Å². The normalized spacial score (nSPS) is 12.4. The lowest BCUT2D eigenvalue weighted by Crippen LogP contribution is -2.40. The van der Waals surface area contributed by atoms with Gasteiger partial charge in [-0.3, -0.25) is 4.98 Å². The van der Waals surface area contributed by atoms with Gasteiger partial charge >= 0.3 is 5.97 Å². The highest BCUT2D eigenvalue weighted by Crippen LogP contribution is 2.37. The van der Waals surface area contributed by atoms with Crippen LogP contribution >= 0.6 is 0 Å². The first-order valence-corrected chi connectivity index (χ1v) is 11.3. The summed E-state index contributed by atoms with van der Waals surface area (Å²) in [4.78, 5) is 16.5. The Hall–Kier alpha value is -1.72. The molecule has 130 valence electrons. The van der Waals surface area contributed by atoms with Crippen molar-refractivity contribution >= 4 is 25.2 Å². The van der Waals surface area contributed by atoms with Gasteiger partial charge in [0.1, 0.15) is 0 Å². The van der Waals surface area contributed by atoms with Crippen LogP contribution in [0, 0.1) is 0 Å². The lowest BCUT2D eigenvalue weighted by molar-refractivity contribution is 0.0526. The number of benzene rings is 1. The summed E-state index contributed by atoms with van der Waals surface area (Å²) in [5.41, 5.74) is 2.33. The smallest absolute Gasteiger partial charge is 0.338 e. The molecule has 0 amide bonds. The van der Waals surface area contributed by atoms with Crippen molar-refractivity contribution < 1.29 is 14.0 Å². The summed E-state index contributed by atoms with van der Waals surface area (Å²) in [5.74, 6) is -0.301. The Kier molecular flexibility index (Phi) is 5.45. The van der Waals surface area contributed by atoms with E-state index in [0.29, 0.717) is 18.8 Å². The number of ether oxygens (including phenoxy) is 1.